The first-order valence-electron chi connectivity index (χ1n) is 1.36. The van der Waals surface area contributed by atoms with Crippen molar-refractivity contribution in [1.82, 2.24) is 0 Å². The van der Waals surface area contributed by atoms with Crippen LogP contribution >= 0.6 is 0 Å². The van der Waals surface area contributed by atoms with Crippen molar-refractivity contribution >= 4 is 7.58 Å². The van der Waals surface area contributed by atoms with E-state index in [0.29, 0.717) is 0 Å². The summed E-state index contributed by atoms with van der Waals surface area (Å²) < 4.78 is 54.9. The standard InChI is InChI=1S/CF3.Ag.HO3S/c2-1(3)4;;1-4(2)3/h;;(H,1,2,3). The molecule has 0 radical (unpaired) electrons. The van der Waals surface area contributed by atoms with Crippen LogP contribution in [0.25, 0.3) is 0 Å². The van der Waals surface area contributed by atoms with Crippen LogP contribution in [0.3, 0.4) is 0 Å². The number of hydrogen-bond donors (Lipinski definition) is 1. The molecule has 9 heavy (non-hydrogen) atoms. The first-order chi connectivity index (χ1) is 3.71. The molecule has 8 heteroatoms. The van der Waals surface area contributed by atoms with Gasteiger partial charge in [0.05, 0.1) is 0 Å². The van der Waals surface area contributed by atoms with Crippen LogP contribution in [0, 0.1) is 0 Å². The van der Waals surface area contributed by atoms with Gasteiger partial charge in [-0.05, 0) is 0 Å². The van der Waals surface area contributed by atoms with Gasteiger partial charge in [0.25, 0.3) is 0 Å². The zero-order valence-corrected chi connectivity index (χ0v) is 5.91. The average Bonchev–Trinajstić information content (AvgIpc) is 1.14. The van der Waals surface area contributed by atoms with Gasteiger partial charge < -0.3 is 0 Å². The molecule has 0 rings (SSSR count). The summed E-state index contributed by atoms with van der Waals surface area (Å²) in [6.45, 7) is 0. The van der Waals surface area contributed by atoms with Crippen LogP contribution in [0.5, 0.6) is 0 Å². The van der Waals surface area contributed by atoms with E-state index in [2.05, 4.69) is 0 Å². The summed E-state index contributed by atoms with van der Waals surface area (Å²) in [6, 6.07) is 0. The van der Waals surface area contributed by atoms with Crippen molar-refractivity contribution < 1.29 is 44.6 Å². The van der Waals surface area contributed by atoms with Crippen molar-refractivity contribution in [2.24, 2.45) is 0 Å². The molecule has 0 atom stereocenters. The molecule has 0 saturated heterocycles. The van der Waals surface area contributed by atoms with Gasteiger partial charge in [-0.25, -0.2) is 0 Å². The third-order valence-corrected chi connectivity index (χ3v) is 2.62. The second kappa shape index (κ2) is 2.59. The van der Waals surface area contributed by atoms with Gasteiger partial charge in [-0.3, -0.25) is 0 Å². The number of rotatable bonds is 1. The summed E-state index contributed by atoms with van der Waals surface area (Å²) in [7, 11) is -4.88. The summed E-state index contributed by atoms with van der Waals surface area (Å²) in [5.74, 6) is 0. The third kappa shape index (κ3) is 8.44. The van der Waals surface area contributed by atoms with Gasteiger partial charge in [-0.15, -0.1) is 0 Å². The molecule has 0 aromatic carbocycles. The molecule has 0 fully saturated rings. The molecular formula is CHAgF3O3S. The Balaban J connectivity index is 4.07. The summed E-state index contributed by atoms with van der Waals surface area (Å²) in [4.78, 5) is 0. The Labute approximate surface area is 56.9 Å². The Bertz CT molecular complexity index is 180. The Morgan fingerprint density at radius 1 is 1.33 bits per heavy atom. The van der Waals surface area contributed by atoms with Crippen molar-refractivity contribution in [3.63, 3.8) is 0 Å². The Kier molecular flexibility index (Phi) is 2.71. The molecule has 61 valence electrons. The van der Waals surface area contributed by atoms with E-state index in [-0.39, 0.29) is 0 Å². The van der Waals surface area contributed by atoms with Crippen LogP contribution in [0.2, 0.25) is 0 Å². The van der Waals surface area contributed by atoms with E-state index in [4.69, 9.17) is 4.55 Å². The van der Waals surface area contributed by atoms with Gasteiger partial charge in [0.15, 0.2) is 0 Å². The van der Waals surface area contributed by atoms with Crippen molar-refractivity contribution in [2.45, 2.75) is 4.39 Å². The molecule has 0 aliphatic rings. The van der Waals surface area contributed by atoms with Crippen molar-refractivity contribution in [2.75, 3.05) is 0 Å². The zero-order valence-electron chi connectivity index (χ0n) is 3.61. The van der Waals surface area contributed by atoms with Gasteiger partial charge in [0.2, 0.25) is 0 Å². The Hall–Kier alpha value is 0.440. The van der Waals surface area contributed by atoms with Crippen molar-refractivity contribution in [3.05, 3.63) is 0 Å². The van der Waals surface area contributed by atoms with Gasteiger partial charge >= 0.3 is 56.5 Å². The van der Waals surface area contributed by atoms with E-state index in [1.54, 1.807) is 0 Å². The predicted molar refractivity (Wildman–Crippen MR) is 17.6 cm³/mol. The normalized spacial score (nSPS) is 14.2. The van der Waals surface area contributed by atoms with Crippen molar-refractivity contribution in [1.29, 1.82) is 0 Å². The molecule has 0 aromatic rings. The Morgan fingerprint density at radius 2 is 1.67 bits per heavy atom. The fraction of sp³-hybridized carbons (Fsp3) is 1.00. The molecule has 1 N–H and O–H groups in total. The number of alkyl halides is 3. The molecule has 3 nitrogen and oxygen atoms in total. The van der Waals surface area contributed by atoms with Gasteiger partial charge in [0.1, 0.15) is 0 Å². The third-order valence-electron chi connectivity index (χ3n) is 0.148. The minimum atomic E-state index is -4.88. The number of halogens is 3. The van der Waals surface area contributed by atoms with Crippen LogP contribution in [0.15, 0.2) is 0 Å². The van der Waals surface area contributed by atoms with E-state index in [9.17, 15) is 21.6 Å². The van der Waals surface area contributed by atoms with Crippen LogP contribution in [-0.2, 0) is 26.0 Å². The summed E-state index contributed by atoms with van der Waals surface area (Å²) >= 11 is -2.44. The maximum atomic E-state index is 11.0. The molecule has 0 aliphatic carbocycles. The monoisotopic (exact) mass is 257 g/mol. The number of hydrogen-bond acceptors (Lipinski definition) is 2. The first-order valence-corrected chi connectivity index (χ1v) is 5.19. The molecule has 0 aliphatic heterocycles. The molecule has 0 aromatic heterocycles. The molecule has 0 spiro atoms. The fourth-order valence-corrected chi connectivity index (χ4v) is 1.57. The zero-order chi connectivity index (χ0) is 7.71. The molecule has 0 bridgehead atoms. The molecule has 0 amide bonds. The second-order valence-electron chi connectivity index (χ2n) is 0.819. The molecular weight excluding hydrogens is 257 g/mol. The van der Waals surface area contributed by atoms with Crippen LogP contribution in [0.4, 0.5) is 13.2 Å². The van der Waals surface area contributed by atoms with E-state index in [0.717, 1.165) is 0 Å². The average molecular weight is 258 g/mol. The van der Waals surface area contributed by atoms with E-state index < -0.39 is 30.4 Å². The van der Waals surface area contributed by atoms with Gasteiger partial charge in [-0.2, -0.15) is 0 Å². The summed E-state index contributed by atoms with van der Waals surface area (Å²) in [5.41, 5.74) is 0. The molecule has 0 saturated carbocycles. The van der Waals surface area contributed by atoms with E-state index in [1.807, 2.05) is 0 Å². The van der Waals surface area contributed by atoms with Crippen LogP contribution in [0.1, 0.15) is 0 Å². The molecule has 0 heterocycles. The summed E-state index contributed by atoms with van der Waals surface area (Å²) in [5, 5.41) is 0. The predicted octanol–water partition coefficient (Wildman–Crippen LogP) is 0.392. The van der Waals surface area contributed by atoms with Crippen LogP contribution < -0.4 is 0 Å². The SMILES string of the molecule is O=[S](=O)(O)[Ag][C](F)(F)F. The minimum absolute atomic E-state index is 2.44. The van der Waals surface area contributed by atoms with Crippen LogP contribution in [-0.4, -0.2) is 17.4 Å². The Morgan fingerprint density at radius 3 is 1.67 bits per heavy atom. The fourth-order valence-electron chi connectivity index (χ4n) is 0.0882. The summed E-state index contributed by atoms with van der Waals surface area (Å²) in [6.07, 6.45) is 0. The van der Waals surface area contributed by atoms with Gasteiger partial charge in [-0.1, -0.05) is 0 Å². The quantitative estimate of drug-likeness (QED) is 0.546. The van der Waals surface area contributed by atoms with E-state index in [1.165, 1.54) is 0 Å². The maximum absolute atomic E-state index is 11.0. The van der Waals surface area contributed by atoms with Crippen molar-refractivity contribution in [3.8, 4) is 0 Å². The van der Waals surface area contributed by atoms with Gasteiger partial charge in [0, 0.05) is 0 Å². The second-order valence-corrected chi connectivity index (χ2v) is 5.73. The van der Waals surface area contributed by atoms with E-state index >= 15 is 0 Å². The molecule has 0 unspecified atom stereocenters. The topological polar surface area (TPSA) is 54.4 Å². The first kappa shape index (κ1) is 9.44.